The molecule has 0 radical (unpaired) electrons. The normalized spacial score (nSPS) is 17.3. The second-order valence-electron chi connectivity index (χ2n) is 21.3. The molecule has 494 valence electrons. The van der Waals surface area contributed by atoms with Crippen LogP contribution in [0.1, 0.15) is 144 Å². The summed E-state index contributed by atoms with van der Waals surface area (Å²) in [7, 11) is -7.21. The van der Waals surface area contributed by atoms with Gasteiger partial charge in [-0.15, -0.1) is 0 Å². The molecular weight excluding hydrogens is 1300 g/mol. The van der Waals surface area contributed by atoms with Gasteiger partial charge < -0.3 is 40.0 Å². The maximum atomic E-state index is 12.6. The molecule has 90 heavy (non-hydrogen) atoms. The van der Waals surface area contributed by atoms with Gasteiger partial charge in [-0.2, -0.15) is 21.6 Å². The summed E-state index contributed by atoms with van der Waals surface area (Å²) in [5, 5.41) is 33.6. The number of hydrogen-bond acceptors (Lipinski definition) is 16. The summed E-state index contributed by atoms with van der Waals surface area (Å²) in [6, 6.07) is 13.0. The summed E-state index contributed by atoms with van der Waals surface area (Å²) in [5.74, 6) is -1.68. The highest BCUT2D eigenvalue weighted by molar-refractivity contribution is 9.10. The van der Waals surface area contributed by atoms with Crippen molar-refractivity contribution in [2.75, 3.05) is 25.0 Å². The third-order valence-corrected chi connectivity index (χ3v) is 13.9. The van der Waals surface area contributed by atoms with Crippen molar-refractivity contribution in [3.8, 4) is 0 Å². The van der Waals surface area contributed by atoms with Crippen molar-refractivity contribution in [1.82, 2.24) is 40.5 Å². The zero-order valence-electron chi connectivity index (χ0n) is 49.7. The number of nitrogens with one attached hydrogen (secondary N) is 3. The molecule has 4 unspecified atom stereocenters. The Kier molecular flexibility index (Phi) is 30.7. The number of carboxylic acids is 1. The Hall–Kier alpha value is -7.36. The number of allylic oxidation sites excluding steroid dienone is 2. The highest BCUT2D eigenvalue weighted by Crippen LogP contribution is 2.31. The third kappa shape index (κ3) is 27.0. The van der Waals surface area contributed by atoms with E-state index in [1.807, 2.05) is 33.8 Å². The number of carbonyl (C=O) groups is 3. The topological polar surface area (TPSA) is 268 Å². The van der Waals surface area contributed by atoms with E-state index in [4.69, 9.17) is 19.9 Å². The number of anilines is 1. The van der Waals surface area contributed by atoms with Crippen molar-refractivity contribution in [1.29, 1.82) is 0 Å². The summed E-state index contributed by atoms with van der Waals surface area (Å²) < 4.78 is 164. The van der Waals surface area contributed by atoms with Crippen molar-refractivity contribution >= 4 is 68.0 Å². The Balaban J connectivity index is 0.000000288. The summed E-state index contributed by atoms with van der Waals surface area (Å²) in [4.78, 5) is 53.3. The molecular formula is C57H68BBrF11N9O10S. The maximum Gasteiger partial charge on any atom is 0.534 e. The van der Waals surface area contributed by atoms with Crippen molar-refractivity contribution in [3.05, 3.63) is 153 Å². The number of ether oxygens (including phenoxy) is 1. The van der Waals surface area contributed by atoms with E-state index in [9.17, 15) is 71.1 Å². The quantitative estimate of drug-likeness (QED) is 0.0249. The largest absolute Gasteiger partial charge is 0.534 e. The van der Waals surface area contributed by atoms with E-state index in [-0.39, 0.29) is 46.1 Å². The van der Waals surface area contributed by atoms with Crippen LogP contribution in [0.25, 0.3) is 5.70 Å². The van der Waals surface area contributed by atoms with Crippen LogP contribution in [-0.2, 0) is 28.6 Å². The fourth-order valence-corrected chi connectivity index (χ4v) is 8.16. The number of carboxylic acid groups (broad SMARTS) is 1. The van der Waals surface area contributed by atoms with Gasteiger partial charge in [0.05, 0.1) is 17.6 Å². The molecule has 5 aromatic heterocycles. The van der Waals surface area contributed by atoms with E-state index in [2.05, 4.69) is 67.9 Å². The van der Waals surface area contributed by atoms with Gasteiger partial charge in [-0.25, -0.2) is 44.7 Å². The van der Waals surface area contributed by atoms with Crippen LogP contribution in [-0.4, -0.2) is 109 Å². The number of aryl methyl sites for hydroxylation is 2. The fourth-order valence-electron chi connectivity index (χ4n) is 7.47. The summed E-state index contributed by atoms with van der Waals surface area (Å²) in [5.41, 5.74) is -2.45. The summed E-state index contributed by atoms with van der Waals surface area (Å²) in [6.07, 6.45) is 2.82. The van der Waals surface area contributed by atoms with E-state index in [1.165, 1.54) is 61.4 Å². The van der Waals surface area contributed by atoms with Crippen LogP contribution in [0.3, 0.4) is 0 Å². The molecule has 33 heteroatoms. The van der Waals surface area contributed by atoms with Crippen LogP contribution >= 0.6 is 15.9 Å². The molecule has 8 rings (SSSR count). The minimum absolute atomic E-state index is 0.0967. The lowest BCUT2D eigenvalue weighted by Crippen LogP contribution is -2.39. The van der Waals surface area contributed by atoms with Crippen LogP contribution in [0.4, 0.5) is 58.8 Å². The average Bonchev–Trinajstić information content (AvgIpc) is 1.31. The van der Waals surface area contributed by atoms with E-state index < -0.39 is 72.0 Å². The molecule has 0 bridgehead atoms. The molecule has 2 amide bonds. The molecule has 0 saturated carbocycles. The standard InChI is InChI=1S/C17H22F2N2O2.C12H16F2N2.C9H10N2O3.C7H10F3NO3S.C6H6BF2NO2.C6H4BrF2N/c1-11-5-8-14(12-6-7-13(15(18)19)20-9-12)21(10-11)16(22)23-17(2,3)4;1-8-2-4-10(15-6-8)9-3-5-11(12(13)14)16-7-9;1-5-3-7(4-10-6(5)2)11-8(12)9(13)14;1-5-2-3-6(11-4-5)14-15(12,13)7(8,9)10;8-6(9)5-2-1-4(3-10-5)7(11)12;7-4-1-2-5(6(8)9)10-3-4/h6-9,11,15H,5,10H2,1-4H3;3,5,7-8,10,12,15H,2,4,6H2,1H3;3-4H,1-2H3,(H,11,12)(H,13,14);3,5,11H,2,4H2,1H3;1-3,6,11-12H;1-3,6H. The minimum atomic E-state index is -5.55. The van der Waals surface area contributed by atoms with Gasteiger partial charge in [-0.3, -0.25) is 34.6 Å². The van der Waals surface area contributed by atoms with Gasteiger partial charge in [-0.1, -0.05) is 39.0 Å². The first kappa shape index (κ1) is 76.9. The van der Waals surface area contributed by atoms with Gasteiger partial charge in [0.15, 0.2) is 0 Å². The van der Waals surface area contributed by atoms with E-state index in [1.54, 1.807) is 50.1 Å². The monoisotopic (exact) mass is 1370 g/mol. The number of pyridine rings is 5. The molecule has 0 spiro atoms. The smallest absolute Gasteiger partial charge is 0.474 e. The summed E-state index contributed by atoms with van der Waals surface area (Å²) >= 11 is 3.09. The second-order valence-corrected chi connectivity index (χ2v) is 23.8. The Morgan fingerprint density at radius 2 is 1.26 bits per heavy atom. The first-order chi connectivity index (χ1) is 41.9. The van der Waals surface area contributed by atoms with E-state index in [0.29, 0.717) is 52.8 Å². The molecule has 3 aliphatic heterocycles. The van der Waals surface area contributed by atoms with Crippen LogP contribution in [0, 0.1) is 31.6 Å². The lowest BCUT2D eigenvalue weighted by Gasteiger charge is -2.33. The molecule has 8 heterocycles. The predicted molar refractivity (Wildman–Crippen MR) is 314 cm³/mol. The van der Waals surface area contributed by atoms with Crippen LogP contribution in [0.15, 0.2) is 108 Å². The zero-order valence-corrected chi connectivity index (χ0v) is 52.1. The molecule has 1 saturated heterocycles. The lowest BCUT2D eigenvalue weighted by molar-refractivity contribution is -0.147. The fraction of sp³-hybridized carbons (Fsp3) is 0.439. The van der Waals surface area contributed by atoms with Crippen LogP contribution < -0.4 is 21.4 Å². The average molecular weight is 1370 g/mol. The van der Waals surface area contributed by atoms with Crippen molar-refractivity contribution in [2.45, 2.75) is 124 Å². The number of alkyl halides is 11. The molecule has 1 fully saturated rings. The molecule has 6 N–H and O–H groups in total. The lowest BCUT2D eigenvalue weighted by atomic mass is 9.82. The van der Waals surface area contributed by atoms with Crippen molar-refractivity contribution < 1.29 is 95.2 Å². The number of carbonyl (C=O) groups excluding carboxylic acids is 2. The highest BCUT2D eigenvalue weighted by Gasteiger charge is 2.49. The second kappa shape index (κ2) is 35.9. The Morgan fingerprint density at radius 3 is 1.68 bits per heavy atom. The number of piperidine rings is 1. The highest BCUT2D eigenvalue weighted by atomic mass is 79.9. The number of amides is 2. The Labute approximate surface area is 521 Å². The van der Waals surface area contributed by atoms with E-state index >= 15 is 0 Å². The molecule has 0 aromatic carbocycles. The Morgan fingerprint density at radius 1 is 0.711 bits per heavy atom. The molecule has 3 aliphatic rings. The first-order valence-corrected chi connectivity index (χ1v) is 29.4. The van der Waals surface area contributed by atoms with Crippen molar-refractivity contribution in [2.24, 2.45) is 17.8 Å². The maximum absolute atomic E-state index is 12.6. The van der Waals surface area contributed by atoms with Crippen molar-refractivity contribution in [3.63, 3.8) is 0 Å². The number of rotatable bonds is 10. The van der Waals surface area contributed by atoms with Gasteiger partial charge in [0, 0.05) is 65.1 Å². The van der Waals surface area contributed by atoms with Gasteiger partial charge in [0.25, 0.3) is 25.7 Å². The van der Waals surface area contributed by atoms with Gasteiger partial charge >= 0.3 is 40.7 Å². The first-order valence-electron chi connectivity index (χ1n) is 27.2. The molecule has 4 atom stereocenters. The van der Waals surface area contributed by atoms with E-state index in [0.717, 1.165) is 48.5 Å². The molecule has 19 nitrogen and oxygen atoms in total. The van der Waals surface area contributed by atoms with Gasteiger partial charge in [0.1, 0.15) is 28.4 Å². The third-order valence-electron chi connectivity index (χ3n) is 12.4. The number of nitrogens with zero attached hydrogens (tertiary/aromatic N) is 6. The number of halogens is 12. The number of hydrogen-bond donors (Lipinski definition) is 6. The van der Waals surface area contributed by atoms with Gasteiger partial charge in [0.2, 0.25) is 5.88 Å². The Bertz CT molecular complexity index is 3210. The number of aromatic nitrogens is 5. The molecule has 5 aromatic rings. The molecule has 0 aliphatic carbocycles. The SMILES string of the molecule is CC1CC=C(OS(=O)(=O)C(F)(F)F)NC1.CC1CC=C(c2ccc(C(F)F)nc2)N(C(=O)OC(C)(C)C)C1.CC1CCC(c2ccc(C(F)F)nc2)NC1.Cc1cc(NC(=O)C(=O)O)cnc1C.FC(F)c1ccc(Br)cn1.OB(O)c1ccc(C(F)F)nc1. The zero-order chi connectivity index (χ0) is 67.8. The van der Waals surface area contributed by atoms with Crippen LogP contribution in [0.2, 0.25) is 0 Å². The predicted octanol–water partition coefficient (Wildman–Crippen LogP) is 12.2. The van der Waals surface area contributed by atoms with Gasteiger partial charge in [-0.05, 0) is 160 Å². The minimum Gasteiger partial charge on any atom is -0.474 e. The number of aliphatic carboxylic acids is 1. The van der Waals surface area contributed by atoms with Crippen LogP contribution in [0.5, 0.6) is 0 Å². The summed E-state index contributed by atoms with van der Waals surface area (Å²) in [6.45, 7) is 17.1.